The van der Waals surface area contributed by atoms with Gasteiger partial charge in [0.1, 0.15) is 0 Å². The number of carbonyl (C=O) groups excluding carboxylic acids is 1. The summed E-state index contributed by atoms with van der Waals surface area (Å²) >= 11 is 0. The predicted octanol–water partition coefficient (Wildman–Crippen LogP) is 3.63. The zero-order chi connectivity index (χ0) is 19.5. The summed E-state index contributed by atoms with van der Waals surface area (Å²) in [6, 6.07) is -0.0504. The van der Waals surface area contributed by atoms with Crippen LogP contribution in [0.15, 0.2) is 0 Å². The summed E-state index contributed by atoms with van der Waals surface area (Å²) in [6.45, 7) is 2.23. The van der Waals surface area contributed by atoms with Crippen molar-refractivity contribution >= 4 is 5.91 Å². The number of halogens is 3. The molecule has 1 aliphatic heterocycles. The van der Waals surface area contributed by atoms with Gasteiger partial charge in [0.2, 0.25) is 5.91 Å². The molecule has 4 nitrogen and oxygen atoms in total. The average Bonchev–Trinajstić information content (AvgIpc) is 2.63. The number of likely N-dealkylation sites (tertiary alicyclic amines) is 1. The standard InChI is InChI=1S/C20H33F3N2O2/c21-20(22,23)17-7-3-2-6-16(17)18(26)24-15-8-12-25(13-9-15)14-19(27)10-4-1-5-11-19/h15-17,27H,1-14H2,(H,24,26)/t16-,17+/m1/s1. The molecule has 2 atom stereocenters. The van der Waals surface area contributed by atoms with Crippen LogP contribution < -0.4 is 5.32 Å². The molecule has 1 heterocycles. The molecule has 0 radical (unpaired) electrons. The van der Waals surface area contributed by atoms with Crippen LogP contribution in [0.25, 0.3) is 0 Å². The van der Waals surface area contributed by atoms with Gasteiger partial charge in [0, 0.05) is 31.6 Å². The molecule has 7 heteroatoms. The van der Waals surface area contributed by atoms with E-state index in [4.69, 9.17) is 0 Å². The van der Waals surface area contributed by atoms with Crippen molar-refractivity contribution in [2.75, 3.05) is 19.6 Å². The molecule has 0 aromatic rings. The van der Waals surface area contributed by atoms with E-state index in [2.05, 4.69) is 10.2 Å². The van der Waals surface area contributed by atoms with E-state index >= 15 is 0 Å². The molecule has 0 spiro atoms. The van der Waals surface area contributed by atoms with Crippen molar-refractivity contribution in [3.8, 4) is 0 Å². The number of nitrogens with one attached hydrogen (secondary N) is 1. The van der Waals surface area contributed by atoms with E-state index in [1.165, 1.54) is 6.42 Å². The van der Waals surface area contributed by atoms with E-state index in [0.29, 0.717) is 25.8 Å². The van der Waals surface area contributed by atoms with E-state index in [-0.39, 0.29) is 12.5 Å². The molecule has 0 bridgehead atoms. The Morgan fingerprint density at radius 3 is 2.26 bits per heavy atom. The number of amides is 1. The number of β-amino-alcohol motifs (C(OH)–C–C–N with tert-alkyl or cyclic N) is 1. The van der Waals surface area contributed by atoms with Crippen LogP contribution in [0.1, 0.15) is 70.6 Å². The predicted molar refractivity (Wildman–Crippen MR) is 97.1 cm³/mol. The van der Waals surface area contributed by atoms with Crippen molar-refractivity contribution < 1.29 is 23.1 Å². The minimum atomic E-state index is -4.29. The Bertz CT molecular complexity index is 498. The second kappa shape index (κ2) is 8.68. The molecule has 3 fully saturated rings. The number of hydrogen-bond donors (Lipinski definition) is 2. The molecule has 2 saturated carbocycles. The topological polar surface area (TPSA) is 52.6 Å². The molecule has 3 aliphatic rings. The summed E-state index contributed by atoms with van der Waals surface area (Å²) in [5, 5.41) is 13.6. The Morgan fingerprint density at radius 1 is 1.00 bits per heavy atom. The van der Waals surface area contributed by atoms with Gasteiger partial charge in [0.25, 0.3) is 0 Å². The van der Waals surface area contributed by atoms with Gasteiger partial charge in [-0.25, -0.2) is 0 Å². The van der Waals surface area contributed by atoms with Crippen molar-refractivity contribution in [2.45, 2.75) is 88.4 Å². The smallest absolute Gasteiger partial charge is 0.389 e. The van der Waals surface area contributed by atoms with Gasteiger partial charge in [-0.15, -0.1) is 0 Å². The van der Waals surface area contributed by atoms with E-state index in [0.717, 1.165) is 51.6 Å². The molecule has 156 valence electrons. The fourth-order valence-corrected chi connectivity index (χ4v) is 5.16. The molecular weight excluding hydrogens is 357 g/mol. The number of nitrogens with zero attached hydrogens (tertiary/aromatic N) is 1. The summed E-state index contributed by atoms with van der Waals surface area (Å²) in [5.41, 5.74) is -0.587. The lowest BCUT2D eigenvalue weighted by atomic mass is 9.78. The third-order valence-electron chi connectivity index (χ3n) is 6.76. The highest BCUT2D eigenvalue weighted by atomic mass is 19.4. The number of piperidine rings is 1. The number of hydrogen-bond acceptors (Lipinski definition) is 3. The third-order valence-corrected chi connectivity index (χ3v) is 6.76. The minimum Gasteiger partial charge on any atom is -0.389 e. The highest BCUT2D eigenvalue weighted by Gasteiger charge is 2.48. The van der Waals surface area contributed by atoms with Crippen LogP contribution in [0.4, 0.5) is 13.2 Å². The zero-order valence-corrected chi connectivity index (χ0v) is 16.1. The van der Waals surface area contributed by atoms with E-state index in [9.17, 15) is 23.1 Å². The Morgan fingerprint density at radius 2 is 1.63 bits per heavy atom. The Balaban J connectivity index is 1.46. The molecule has 1 saturated heterocycles. The first kappa shape index (κ1) is 20.9. The largest absolute Gasteiger partial charge is 0.392 e. The summed E-state index contributed by atoms with van der Waals surface area (Å²) in [5.74, 6) is -2.84. The summed E-state index contributed by atoms with van der Waals surface area (Å²) in [6.07, 6.45) is 3.88. The third kappa shape index (κ3) is 5.59. The van der Waals surface area contributed by atoms with Crippen LogP contribution in [0, 0.1) is 11.8 Å². The summed E-state index contributed by atoms with van der Waals surface area (Å²) in [4.78, 5) is 14.8. The number of carbonyl (C=O) groups is 1. The number of rotatable bonds is 4. The molecule has 2 aliphatic carbocycles. The number of alkyl halides is 3. The molecule has 0 aromatic heterocycles. The molecule has 27 heavy (non-hydrogen) atoms. The lowest BCUT2D eigenvalue weighted by Gasteiger charge is -2.40. The zero-order valence-electron chi connectivity index (χ0n) is 16.1. The first-order chi connectivity index (χ1) is 12.8. The molecule has 0 aromatic carbocycles. The van der Waals surface area contributed by atoms with Gasteiger partial charge in [0.15, 0.2) is 0 Å². The van der Waals surface area contributed by atoms with Gasteiger partial charge in [-0.2, -0.15) is 13.2 Å². The molecule has 3 rings (SSSR count). The molecule has 0 unspecified atom stereocenters. The Hall–Kier alpha value is -0.820. The minimum absolute atomic E-state index is 0.0504. The Labute approximate surface area is 159 Å². The van der Waals surface area contributed by atoms with Gasteiger partial charge in [-0.05, 0) is 38.5 Å². The SMILES string of the molecule is O=C(NC1CCN(CC2(O)CCCCC2)CC1)[C@@H]1CCCC[C@@H]1C(F)(F)F. The second-order valence-corrected chi connectivity index (χ2v) is 8.88. The van der Waals surface area contributed by atoms with Crippen LogP contribution >= 0.6 is 0 Å². The maximum atomic E-state index is 13.2. The van der Waals surface area contributed by atoms with Crippen molar-refractivity contribution in [1.29, 1.82) is 0 Å². The van der Waals surface area contributed by atoms with Crippen LogP contribution in [-0.2, 0) is 4.79 Å². The lowest BCUT2D eigenvalue weighted by Crippen LogP contribution is -2.52. The van der Waals surface area contributed by atoms with Gasteiger partial charge >= 0.3 is 6.18 Å². The molecule has 2 N–H and O–H groups in total. The number of aliphatic hydroxyl groups is 1. The van der Waals surface area contributed by atoms with E-state index in [1.54, 1.807) is 0 Å². The summed E-state index contributed by atoms with van der Waals surface area (Å²) < 4.78 is 39.7. The van der Waals surface area contributed by atoms with Crippen LogP contribution in [-0.4, -0.2) is 53.4 Å². The molecule has 1 amide bonds. The fraction of sp³-hybridized carbons (Fsp3) is 0.950. The second-order valence-electron chi connectivity index (χ2n) is 8.88. The average molecular weight is 390 g/mol. The van der Waals surface area contributed by atoms with Gasteiger partial charge in [-0.3, -0.25) is 4.79 Å². The first-order valence-electron chi connectivity index (χ1n) is 10.6. The monoisotopic (exact) mass is 390 g/mol. The van der Waals surface area contributed by atoms with Crippen LogP contribution in [0.3, 0.4) is 0 Å². The van der Waals surface area contributed by atoms with Crippen LogP contribution in [0.2, 0.25) is 0 Å². The van der Waals surface area contributed by atoms with Crippen molar-refractivity contribution in [2.24, 2.45) is 11.8 Å². The Kier molecular flexibility index (Phi) is 6.72. The highest BCUT2D eigenvalue weighted by molar-refractivity contribution is 5.79. The van der Waals surface area contributed by atoms with E-state index in [1.807, 2.05) is 0 Å². The van der Waals surface area contributed by atoms with Gasteiger partial charge in [-0.1, -0.05) is 32.1 Å². The maximum Gasteiger partial charge on any atom is 0.392 e. The van der Waals surface area contributed by atoms with Gasteiger partial charge in [0.05, 0.1) is 11.5 Å². The van der Waals surface area contributed by atoms with Gasteiger partial charge < -0.3 is 15.3 Å². The summed E-state index contributed by atoms with van der Waals surface area (Å²) in [7, 11) is 0. The fourth-order valence-electron chi connectivity index (χ4n) is 5.16. The van der Waals surface area contributed by atoms with E-state index < -0.39 is 29.5 Å². The maximum absolute atomic E-state index is 13.2. The van der Waals surface area contributed by atoms with Crippen LogP contribution in [0.5, 0.6) is 0 Å². The quantitative estimate of drug-likeness (QED) is 0.771. The lowest BCUT2D eigenvalue weighted by molar-refractivity contribution is -0.198. The molecular formula is C20H33F3N2O2. The normalized spacial score (nSPS) is 30.8. The van der Waals surface area contributed by atoms with Crippen molar-refractivity contribution in [3.05, 3.63) is 0 Å². The van der Waals surface area contributed by atoms with Crippen molar-refractivity contribution in [1.82, 2.24) is 10.2 Å². The highest BCUT2D eigenvalue weighted by Crippen LogP contribution is 2.41. The van der Waals surface area contributed by atoms with Crippen molar-refractivity contribution in [3.63, 3.8) is 0 Å². The first-order valence-corrected chi connectivity index (χ1v) is 10.6.